The first-order valence-electron chi connectivity index (χ1n) is 8.07. The average Bonchev–Trinajstić information content (AvgIpc) is 2.62. The summed E-state index contributed by atoms with van der Waals surface area (Å²) < 4.78 is 22.3. The minimum atomic E-state index is 0.190. The molecule has 0 aromatic heterocycles. The van der Waals surface area contributed by atoms with E-state index in [0.29, 0.717) is 62.5 Å². The normalized spacial score (nSPS) is 16.2. The van der Waals surface area contributed by atoms with E-state index in [0.717, 1.165) is 0 Å². The maximum atomic E-state index is 9.28. The molecule has 3 rings (SSSR count). The number of benzene rings is 2. The van der Waals surface area contributed by atoms with Crippen LogP contribution in [0.2, 0.25) is 0 Å². The standard InChI is InChI=1S/C18H20N2O5/c21-16-4-1-14(2-5-16)19-20-15-3-6-17-18(13-15)25-12-10-23-8-7-22-9-11-24-17/h1-6,13,21H,7-12H2. The Balaban J connectivity index is 1.73. The molecule has 1 N–H and O–H groups in total. The van der Waals surface area contributed by atoms with Gasteiger partial charge in [-0.05, 0) is 36.4 Å². The Morgan fingerprint density at radius 1 is 0.640 bits per heavy atom. The molecule has 0 unspecified atom stereocenters. The predicted octanol–water partition coefficient (Wildman–Crippen LogP) is 3.61. The second kappa shape index (κ2) is 9.00. The quantitative estimate of drug-likeness (QED) is 0.842. The van der Waals surface area contributed by atoms with Crippen LogP contribution >= 0.6 is 0 Å². The second-order valence-corrected chi connectivity index (χ2v) is 5.27. The van der Waals surface area contributed by atoms with Gasteiger partial charge in [0.2, 0.25) is 0 Å². The number of fused-ring (bicyclic) bond motifs is 1. The zero-order chi connectivity index (χ0) is 17.3. The van der Waals surface area contributed by atoms with Crippen LogP contribution in [-0.2, 0) is 9.47 Å². The number of nitrogens with zero attached hydrogens (tertiary/aromatic N) is 2. The lowest BCUT2D eigenvalue weighted by atomic mass is 10.3. The molecule has 7 nitrogen and oxygen atoms in total. The van der Waals surface area contributed by atoms with Crippen LogP contribution in [0.4, 0.5) is 11.4 Å². The molecule has 0 saturated heterocycles. The largest absolute Gasteiger partial charge is 0.508 e. The number of azo groups is 1. The number of rotatable bonds is 2. The van der Waals surface area contributed by atoms with Gasteiger partial charge in [0.25, 0.3) is 0 Å². The molecule has 2 aromatic rings. The molecular formula is C18H20N2O5. The fourth-order valence-corrected chi connectivity index (χ4v) is 2.17. The molecule has 132 valence electrons. The van der Waals surface area contributed by atoms with Crippen molar-refractivity contribution in [2.24, 2.45) is 10.2 Å². The molecule has 1 aliphatic heterocycles. The Bertz CT molecular complexity index is 703. The lowest BCUT2D eigenvalue weighted by molar-refractivity contribution is 0.0223. The highest BCUT2D eigenvalue weighted by atomic mass is 16.6. The van der Waals surface area contributed by atoms with Crippen molar-refractivity contribution in [3.05, 3.63) is 42.5 Å². The third-order valence-electron chi connectivity index (χ3n) is 3.40. The number of phenols is 1. The smallest absolute Gasteiger partial charge is 0.163 e. The van der Waals surface area contributed by atoms with Gasteiger partial charge in [0.05, 0.1) is 37.8 Å². The first-order valence-corrected chi connectivity index (χ1v) is 8.07. The molecular weight excluding hydrogens is 324 g/mol. The topological polar surface area (TPSA) is 81.9 Å². The lowest BCUT2D eigenvalue weighted by Gasteiger charge is -2.15. The summed E-state index contributed by atoms with van der Waals surface area (Å²) in [6.07, 6.45) is 0. The Morgan fingerprint density at radius 2 is 1.20 bits per heavy atom. The number of hydrogen-bond acceptors (Lipinski definition) is 7. The summed E-state index contributed by atoms with van der Waals surface area (Å²) in [4.78, 5) is 0. The van der Waals surface area contributed by atoms with Crippen LogP contribution in [0.1, 0.15) is 0 Å². The van der Waals surface area contributed by atoms with Gasteiger partial charge in [-0.2, -0.15) is 10.2 Å². The van der Waals surface area contributed by atoms with Crippen molar-refractivity contribution in [1.82, 2.24) is 0 Å². The average molecular weight is 344 g/mol. The maximum Gasteiger partial charge on any atom is 0.163 e. The molecule has 7 heteroatoms. The van der Waals surface area contributed by atoms with E-state index >= 15 is 0 Å². The zero-order valence-corrected chi connectivity index (χ0v) is 13.8. The van der Waals surface area contributed by atoms with Crippen LogP contribution < -0.4 is 9.47 Å². The zero-order valence-electron chi connectivity index (χ0n) is 13.8. The summed E-state index contributed by atoms with van der Waals surface area (Å²) in [6, 6.07) is 11.9. The van der Waals surface area contributed by atoms with Gasteiger partial charge in [-0.15, -0.1) is 0 Å². The van der Waals surface area contributed by atoms with Gasteiger partial charge in [0.15, 0.2) is 11.5 Å². The van der Waals surface area contributed by atoms with Gasteiger partial charge in [0, 0.05) is 6.07 Å². The molecule has 1 heterocycles. The first-order chi connectivity index (χ1) is 12.3. The van der Waals surface area contributed by atoms with Crippen LogP contribution in [0.5, 0.6) is 17.2 Å². The van der Waals surface area contributed by atoms with Crippen LogP contribution in [0.15, 0.2) is 52.7 Å². The van der Waals surface area contributed by atoms with Gasteiger partial charge < -0.3 is 24.1 Å². The monoisotopic (exact) mass is 344 g/mol. The molecule has 0 aliphatic carbocycles. The van der Waals surface area contributed by atoms with E-state index in [1.165, 1.54) is 0 Å². The Labute approximate surface area is 145 Å². The molecule has 0 spiro atoms. The highest BCUT2D eigenvalue weighted by Crippen LogP contribution is 2.32. The molecule has 25 heavy (non-hydrogen) atoms. The van der Waals surface area contributed by atoms with E-state index in [9.17, 15) is 5.11 Å². The third kappa shape index (κ3) is 5.44. The maximum absolute atomic E-state index is 9.28. The minimum absolute atomic E-state index is 0.190. The van der Waals surface area contributed by atoms with Gasteiger partial charge in [-0.3, -0.25) is 0 Å². The predicted molar refractivity (Wildman–Crippen MR) is 91.4 cm³/mol. The van der Waals surface area contributed by atoms with E-state index in [4.69, 9.17) is 18.9 Å². The second-order valence-electron chi connectivity index (χ2n) is 5.27. The summed E-state index contributed by atoms with van der Waals surface area (Å²) in [5, 5.41) is 17.6. The van der Waals surface area contributed by atoms with Gasteiger partial charge >= 0.3 is 0 Å². The van der Waals surface area contributed by atoms with E-state index < -0.39 is 0 Å². The van der Waals surface area contributed by atoms with Crippen molar-refractivity contribution in [2.45, 2.75) is 0 Å². The van der Waals surface area contributed by atoms with Crippen molar-refractivity contribution >= 4 is 11.4 Å². The highest BCUT2D eigenvalue weighted by molar-refractivity contribution is 5.52. The van der Waals surface area contributed by atoms with Crippen LogP contribution in [0.25, 0.3) is 0 Å². The molecule has 0 radical (unpaired) electrons. The molecule has 2 aromatic carbocycles. The number of aromatic hydroxyl groups is 1. The van der Waals surface area contributed by atoms with Crippen molar-refractivity contribution in [2.75, 3.05) is 39.6 Å². The van der Waals surface area contributed by atoms with Crippen molar-refractivity contribution in [3.8, 4) is 17.2 Å². The molecule has 0 amide bonds. The fraction of sp³-hybridized carbons (Fsp3) is 0.333. The molecule has 1 aliphatic rings. The van der Waals surface area contributed by atoms with Gasteiger partial charge in [0.1, 0.15) is 19.0 Å². The number of hydrogen-bond donors (Lipinski definition) is 1. The van der Waals surface area contributed by atoms with E-state index in [-0.39, 0.29) is 5.75 Å². The highest BCUT2D eigenvalue weighted by Gasteiger charge is 2.08. The minimum Gasteiger partial charge on any atom is -0.508 e. The third-order valence-corrected chi connectivity index (χ3v) is 3.40. The SMILES string of the molecule is Oc1ccc(N=Nc2ccc3c(c2)OCCOCCOCCO3)cc1. The fourth-order valence-electron chi connectivity index (χ4n) is 2.17. The van der Waals surface area contributed by atoms with Gasteiger partial charge in [-0.25, -0.2) is 0 Å². The number of ether oxygens (including phenoxy) is 4. The van der Waals surface area contributed by atoms with Gasteiger partial charge in [-0.1, -0.05) is 0 Å². The number of phenolic OH excluding ortho intramolecular Hbond substituents is 1. The summed E-state index contributed by atoms with van der Waals surface area (Å²) in [5.41, 5.74) is 1.29. The van der Waals surface area contributed by atoms with E-state index in [1.54, 1.807) is 42.5 Å². The summed E-state index contributed by atoms with van der Waals surface area (Å²) in [5.74, 6) is 1.41. The lowest BCUT2D eigenvalue weighted by Crippen LogP contribution is -2.15. The van der Waals surface area contributed by atoms with Crippen LogP contribution in [-0.4, -0.2) is 44.7 Å². The van der Waals surface area contributed by atoms with Crippen LogP contribution in [0.3, 0.4) is 0 Å². The Morgan fingerprint density at radius 3 is 1.92 bits per heavy atom. The summed E-state index contributed by atoms with van der Waals surface area (Å²) in [6.45, 7) is 2.90. The van der Waals surface area contributed by atoms with Crippen molar-refractivity contribution in [1.29, 1.82) is 0 Å². The van der Waals surface area contributed by atoms with Crippen molar-refractivity contribution < 1.29 is 24.1 Å². The summed E-state index contributed by atoms with van der Waals surface area (Å²) >= 11 is 0. The molecule has 0 fully saturated rings. The van der Waals surface area contributed by atoms with Crippen molar-refractivity contribution in [3.63, 3.8) is 0 Å². The Hall–Kier alpha value is -2.64. The van der Waals surface area contributed by atoms with Crippen LogP contribution in [0, 0.1) is 0 Å². The molecule has 0 atom stereocenters. The molecule has 0 saturated carbocycles. The Kier molecular flexibility index (Phi) is 6.19. The molecule has 0 bridgehead atoms. The van der Waals surface area contributed by atoms with E-state index in [2.05, 4.69) is 10.2 Å². The summed E-state index contributed by atoms with van der Waals surface area (Å²) in [7, 11) is 0. The first kappa shape index (κ1) is 17.2. The van der Waals surface area contributed by atoms with E-state index in [1.807, 2.05) is 0 Å².